The second-order valence-electron chi connectivity index (χ2n) is 4.19. The molecule has 2 rings (SSSR count). The number of aromatic nitrogens is 3. The van der Waals surface area contributed by atoms with Gasteiger partial charge in [-0.2, -0.15) is 5.10 Å². The van der Waals surface area contributed by atoms with Crippen molar-refractivity contribution >= 4 is 0 Å². The number of aromatic hydroxyl groups is 1. The summed E-state index contributed by atoms with van der Waals surface area (Å²) < 4.78 is 14.7. The summed E-state index contributed by atoms with van der Waals surface area (Å²) >= 11 is 0. The molecule has 1 N–H and O–H groups in total. The summed E-state index contributed by atoms with van der Waals surface area (Å²) in [5.74, 6) is 0.268. The van der Waals surface area contributed by atoms with Gasteiger partial charge in [0.05, 0.1) is 0 Å². The van der Waals surface area contributed by atoms with E-state index in [1.54, 1.807) is 17.7 Å². The Morgan fingerprint density at radius 3 is 2.65 bits per heavy atom. The maximum absolute atomic E-state index is 13.0. The Labute approximate surface area is 98.7 Å². The van der Waals surface area contributed by atoms with E-state index < -0.39 is 5.82 Å². The maximum Gasteiger partial charge on any atom is 0.164 e. The molecule has 2 aromatic rings. The summed E-state index contributed by atoms with van der Waals surface area (Å²) in [6.45, 7) is 5.77. The molecule has 0 saturated carbocycles. The third-order valence-corrected chi connectivity index (χ3v) is 2.43. The fourth-order valence-corrected chi connectivity index (χ4v) is 1.64. The zero-order chi connectivity index (χ0) is 12.6. The summed E-state index contributed by atoms with van der Waals surface area (Å²) in [5.41, 5.74) is 0.651. The highest BCUT2D eigenvalue weighted by Crippen LogP contribution is 2.25. The van der Waals surface area contributed by atoms with Gasteiger partial charge in [-0.15, -0.1) is 0 Å². The minimum Gasteiger partial charge on any atom is -0.505 e. The molecule has 0 amide bonds. The lowest BCUT2D eigenvalue weighted by Crippen LogP contribution is -2.05. The first-order valence-corrected chi connectivity index (χ1v) is 5.41. The molecule has 0 radical (unpaired) electrons. The van der Waals surface area contributed by atoms with E-state index in [1.165, 1.54) is 12.1 Å². The zero-order valence-electron chi connectivity index (χ0n) is 9.98. The number of phenols is 1. The molecule has 0 atom stereocenters. The van der Waals surface area contributed by atoms with Gasteiger partial charge >= 0.3 is 0 Å². The van der Waals surface area contributed by atoms with Crippen LogP contribution in [0.15, 0.2) is 18.2 Å². The second-order valence-corrected chi connectivity index (χ2v) is 4.19. The summed E-state index contributed by atoms with van der Waals surface area (Å²) in [7, 11) is 0. The van der Waals surface area contributed by atoms with Crippen LogP contribution in [0.2, 0.25) is 0 Å². The third-order valence-electron chi connectivity index (χ3n) is 2.43. The molecule has 90 valence electrons. The van der Waals surface area contributed by atoms with Gasteiger partial charge in [-0.1, -0.05) is 0 Å². The number of hydrogen-bond donors (Lipinski definition) is 1. The topological polar surface area (TPSA) is 50.9 Å². The lowest BCUT2D eigenvalue weighted by molar-refractivity contribution is 0.432. The van der Waals surface area contributed by atoms with Crippen molar-refractivity contribution in [2.45, 2.75) is 26.8 Å². The molecule has 1 aromatic carbocycles. The van der Waals surface area contributed by atoms with Crippen LogP contribution in [0.5, 0.6) is 5.75 Å². The van der Waals surface area contributed by atoms with Crippen molar-refractivity contribution in [3.8, 4) is 17.1 Å². The molecule has 1 heterocycles. The number of phenolic OH excluding ortho intramolecular Hbond substituents is 1. The average Bonchev–Trinajstić information content (AvgIpc) is 2.64. The van der Waals surface area contributed by atoms with Crippen molar-refractivity contribution in [1.29, 1.82) is 0 Å². The Morgan fingerprint density at radius 1 is 1.35 bits per heavy atom. The predicted molar refractivity (Wildman–Crippen MR) is 62.2 cm³/mol. The Bertz CT molecular complexity index is 549. The van der Waals surface area contributed by atoms with Crippen LogP contribution >= 0.6 is 0 Å². The van der Waals surface area contributed by atoms with E-state index in [4.69, 9.17) is 0 Å². The van der Waals surface area contributed by atoms with E-state index in [0.29, 0.717) is 17.2 Å². The van der Waals surface area contributed by atoms with E-state index in [1.807, 2.05) is 13.8 Å². The van der Waals surface area contributed by atoms with Crippen molar-refractivity contribution in [3.63, 3.8) is 0 Å². The van der Waals surface area contributed by atoms with Gasteiger partial charge in [0.1, 0.15) is 5.82 Å². The van der Waals surface area contributed by atoms with E-state index in [9.17, 15) is 9.50 Å². The number of hydrogen-bond acceptors (Lipinski definition) is 3. The van der Waals surface area contributed by atoms with Crippen molar-refractivity contribution < 1.29 is 9.50 Å². The van der Waals surface area contributed by atoms with Crippen LogP contribution in [0.3, 0.4) is 0 Å². The molecular formula is C12H14FN3O. The van der Waals surface area contributed by atoms with Crippen LogP contribution in [0.4, 0.5) is 4.39 Å². The van der Waals surface area contributed by atoms with Crippen molar-refractivity contribution in [2.75, 3.05) is 0 Å². The molecule has 4 nitrogen and oxygen atoms in total. The number of benzene rings is 1. The van der Waals surface area contributed by atoms with E-state index in [0.717, 1.165) is 0 Å². The summed E-state index contributed by atoms with van der Waals surface area (Å²) in [6, 6.07) is 4.31. The molecular weight excluding hydrogens is 221 g/mol. The lowest BCUT2D eigenvalue weighted by Gasteiger charge is -2.09. The molecule has 0 spiro atoms. The average molecular weight is 235 g/mol. The number of aryl methyl sites for hydroxylation is 1. The fourth-order valence-electron chi connectivity index (χ4n) is 1.64. The van der Waals surface area contributed by atoms with E-state index >= 15 is 0 Å². The molecule has 0 aliphatic heterocycles. The normalized spacial score (nSPS) is 11.1. The van der Waals surface area contributed by atoms with Gasteiger partial charge in [0.15, 0.2) is 17.4 Å². The highest BCUT2D eigenvalue weighted by atomic mass is 19.1. The lowest BCUT2D eigenvalue weighted by atomic mass is 10.2. The Morgan fingerprint density at radius 2 is 2.06 bits per heavy atom. The molecule has 0 unspecified atom stereocenters. The molecule has 17 heavy (non-hydrogen) atoms. The van der Waals surface area contributed by atoms with E-state index in [-0.39, 0.29) is 11.8 Å². The molecule has 1 aromatic heterocycles. The van der Waals surface area contributed by atoms with Crippen LogP contribution in [0.1, 0.15) is 25.7 Å². The fraction of sp³-hybridized carbons (Fsp3) is 0.333. The molecule has 0 fully saturated rings. The Kier molecular flexibility index (Phi) is 2.83. The summed E-state index contributed by atoms with van der Waals surface area (Å²) in [6.07, 6.45) is 0. The molecule has 0 saturated heterocycles. The molecule has 0 aliphatic carbocycles. The third kappa shape index (κ3) is 2.13. The monoisotopic (exact) mass is 235 g/mol. The van der Waals surface area contributed by atoms with Crippen LogP contribution < -0.4 is 0 Å². The first-order chi connectivity index (χ1) is 7.99. The van der Waals surface area contributed by atoms with Gasteiger partial charge < -0.3 is 5.11 Å². The highest BCUT2D eigenvalue weighted by molar-refractivity contribution is 5.58. The van der Waals surface area contributed by atoms with Crippen molar-refractivity contribution in [1.82, 2.24) is 14.8 Å². The van der Waals surface area contributed by atoms with Crippen molar-refractivity contribution in [3.05, 3.63) is 29.8 Å². The van der Waals surface area contributed by atoms with Crippen LogP contribution in [-0.4, -0.2) is 19.9 Å². The standard InChI is InChI=1S/C12H14FN3O/c1-7(2)16-12(14-8(3)15-16)9-4-5-10(13)11(17)6-9/h4-7,17H,1-3H3. The minimum absolute atomic E-state index is 0.151. The van der Waals surface area contributed by atoms with Crippen LogP contribution in [-0.2, 0) is 0 Å². The van der Waals surface area contributed by atoms with Gasteiger partial charge in [-0.25, -0.2) is 14.1 Å². The first kappa shape index (κ1) is 11.6. The number of nitrogens with zero attached hydrogens (tertiary/aromatic N) is 3. The first-order valence-electron chi connectivity index (χ1n) is 5.41. The Balaban J connectivity index is 2.55. The van der Waals surface area contributed by atoms with Crippen molar-refractivity contribution in [2.24, 2.45) is 0 Å². The predicted octanol–water partition coefficient (Wildman–Crippen LogP) is 2.68. The quantitative estimate of drug-likeness (QED) is 0.870. The van der Waals surface area contributed by atoms with Gasteiger partial charge in [-0.3, -0.25) is 0 Å². The second kappa shape index (κ2) is 4.16. The number of rotatable bonds is 2. The largest absolute Gasteiger partial charge is 0.505 e. The molecule has 0 bridgehead atoms. The zero-order valence-corrected chi connectivity index (χ0v) is 9.98. The molecule has 5 heteroatoms. The SMILES string of the molecule is Cc1nc(-c2ccc(F)c(O)c2)n(C(C)C)n1. The van der Waals surface area contributed by atoms with Gasteiger partial charge in [0.25, 0.3) is 0 Å². The smallest absolute Gasteiger partial charge is 0.164 e. The summed E-state index contributed by atoms with van der Waals surface area (Å²) in [5, 5.41) is 13.6. The van der Waals surface area contributed by atoms with E-state index in [2.05, 4.69) is 10.1 Å². The van der Waals surface area contributed by atoms with Gasteiger partial charge in [-0.05, 0) is 39.0 Å². The number of halogens is 1. The molecule has 0 aliphatic rings. The minimum atomic E-state index is -0.638. The van der Waals surface area contributed by atoms with Gasteiger partial charge in [0, 0.05) is 11.6 Å². The van der Waals surface area contributed by atoms with Crippen LogP contribution in [0.25, 0.3) is 11.4 Å². The van der Waals surface area contributed by atoms with Gasteiger partial charge in [0.2, 0.25) is 0 Å². The maximum atomic E-state index is 13.0. The Hall–Kier alpha value is -1.91. The van der Waals surface area contributed by atoms with Crippen LogP contribution in [0, 0.1) is 12.7 Å². The highest BCUT2D eigenvalue weighted by Gasteiger charge is 2.13. The summed E-state index contributed by atoms with van der Waals surface area (Å²) in [4.78, 5) is 4.29.